The Kier molecular flexibility index (Phi) is 3.85. The molecular weight excluding hydrogens is 288 g/mol. The van der Waals surface area contributed by atoms with Gasteiger partial charge in [0.15, 0.2) is 0 Å². The second-order valence-electron chi connectivity index (χ2n) is 6.78. The van der Waals surface area contributed by atoms with Crippen LogP contribution in [0.3, 0.4) is 0 Å². The largest absolute Gasteiger partial charge is 0.496 e. The van der Waals surface area contributed by atoms with Crippen molar-refractivity contribution in [2.75, 3.05) is 13.7 Å². The van der Waals surface area contributed by atoms with Gasteiger partial charge in [-0.15, -0.1) is 0 Å². The molecule has 0 radical (unpaired) electrons. The molecule has 0 saturated carbocycles. The van der Waals surface area contributed by atoms with Crippen LogP contribution < -0.4 is 4.74 Å². The van der Waals surface area contributed by atoms with Gasteiger partial charge in [-0.05, 0) is 62.8 Å². The first-order chi connectivity index (χ1) is 11.2. The van der Waals surface area contributed by atoms with E-state index in [0.717, 1.165) is 36.7 Å². The first-order valence-corrected chi connectivity index (χ1v) is 8.60. The smallest absolute Gasteiger partial charge is 0.133 e. The molecule has 2 aromatic rings. The molecule has 122 valence electrons. The predicted molar refractivity (Wildman–Crippen MR) is 88.6 cm³/mol. The van der Waals surface area contributed by atoms with E-state index in [1.807, 2.05) is 6.92 Å². The molecule has 0 unspecified atom stereocenters. The molecule has 23 heavy (non-hydrogen) atoms. The van der Waals surface area contributed by atoms with Crippen molar-refractivity contribution in [3.8, 4) is 5.75 Å². The maximum Gasteiger partial charge on any atom is 0.133 e. The molecule has 1 aliphatic carbocycles. The number of ether oxygens (including phenoxy) is 1. The summed E-state index contributed by atoms with van der Waals surface area (Å²) in [4.78, 5) is 2.51. The van der Waals surface area contributed by atoms with Gasteiger partial charge in [0.2, 0.25) is 0 Å². The molecular formula is C19H24N2O2. The standard InChI is InChI=1S/C19H24N2O2/c1-13-9-17(20-23-13)18-7-4-8-21(18)12-16-10-14-5-3-6-15(14)11-19(16)22-2/h9-11,18H,3-8,12H2,1-2H3/t18-/m0/s1. The van der Waals surface area contributed by atoms with E-state index in [1.165, 1.54) is 42.4 Å². The van der Waals surface area contributed by atoms with Crippen LogP contribution in [0.15, 0.2) is 22.7 Å². The van der Waals surface area contributed by atoms with E-state index in [-0.39, 0.29) is 0 Å². The quantitative estimate of drug-likeness (QED) is 0.860. The van der Waals surface area contributed by atoms with Gasteiger partial charge < -0.3 is 9.26 Å². The van der Waals surface area contributed by atoms with Crippen LogP contribution in [0, 0.1) is 6.92 Å². The minimum absolute atomic E-state index is 0.366. The van der Waals surface area contributed by atoms with Gasteiger partial charge in [0, 0.05) is 18.2 Å². The van der Waals surface area contributed by atoms with Crippen molar-refractivity contribution in [2.24, 2.45) is 0 Å². The fourth-order valence-corrected chi connectivity index (χ4v) is 4.08. The average molecular weight is 312 g/mol. The number of aryl methyl sites for hydroxylation is 3. The molecule has 1 fully saturated rings. The van der Waals surface area contributed by atoms with Crippen LogP contribution in [0.4, 0.5) is 0 Å². The van der Waals surface area contributed by atoms with Crippen molar-refractivity contribution in [1.82, 2.24) is 10.1 Å². The number of hydrogen-bond donors (Lipinski definition) is 0. The van der Waals surface area contributed by atoms with Crippen LogP contribution in [0.25, 0.3) is 0 Å². The summed E-state index contributed by atoms with van der Waals surface area (Å²) >= 11 is 0. The van der Waals surface area contributed by atoms with Crippen LogP contribution in [0.1, 0.15) is 53.4 Å². The van der Waals surface area contributed by atoms with Crippen molar-refractivity contribution in [3.63, 3.8) is 0 Å². The fourth-order valence-electron chi connectivity index (χ4n) is 4.08. The molecule has 2 aliphatic rings. The summed E-state index contributed by atoms with van der Waals surface area (Å²) in [5, 5.41) is 4.24. The molecule has 2 heterocycles. The molecule has 0 N–H and O–H groups in total. The highest BCUT2D eigenvalue weighted by atomic mass is 16.5. The topological polar surface area (TPSA) is 38.5 Å². The monoisotopic (exact) mass is 312 g/mol. The first-order valence-electron chi connectivity index (χ1n) is 8.60. The summed E-state index contributed by atoms with van der Waals surface area (Å²) in [5.74, 6) is 1.93. The summed E-state index contributed by atoms with van der Waals surface area (Å²) < 4.78 is 10.9. The molecule has 1 aromatic heterocycles. The van der Waals surface area contributed by atoms with Crippen LogP contribution in [0.2, 0.25) is 0 Å². The lowest BCUT2D eigenvalue weighted by Gasteiger charge is -2.24. The molecule has 0 spiro atoms. The Labute approximate surface area is 137 Å². The number of nitrogens with zero attached hydrogens (tertiary/aromatic N) is 2. The van der Waals surface area contributed by atoms with E-state index in [2.05, 4.69) is 28.3 Å². The van der Waals surface area contributed by atoms with Gasteiger partial charge in [0.05, 0.1) is 13.2 Å². The van der Waals surface area contributed by atoms with E-state index in [1.54, 1.807) is 7.11 Å². The highest BCUT2D eigenvalue weighted by Crippen LogP contribution is 2.36. The normalized spacial score (nSPS) is 20.9. The number of likely N-dealkylation sites (tertiary alicyclic amines) is 1. The molecule has 0 bridgehead atoms. The third-order valence-electron chi connectivity index (χ3n) is 5.22. The Bertz CT molecular complexity index is 707. The number of benzene rings is 1. The third kappa shape index (κ3) is 2.76. The Morgan fingerprint density at radius 3 is 2.78 bits per heavy atom. The average Bonchev–Trinajstić information content (AvgIpc) is 3.26. The van der Waals surface area contributed by atoms with E-state index in [0.29, 0.717) is 6.04 Å². The Balaban J connectivity index is 1.59. The number of aromatic nitrogens is 1. The highest BCUT2D eigenvalue weighted by molar-refractivity contribution is 5.45. The minimum Gasteiger partial charge on any atom is -0.496 e. The van der Waals surface area contributed by atoms with Crippen LogP contribution in [0.5, 0.6) is 5.75 Å². The molecule has 1 atom stereocenters. The number of fused-ring (bicyclic) bond motifs is 1. The second kappa shape index (κ2) is 6.00. The van der Waals surface area contributed by atoms with Gasteiger partial charge in [0.1, 0.15) is 17.2 Å². The van der Waals surface area contributed by atoms with Gasteiger partial charge >= 0.3 is 0 Å². The zero-order valence-electron chi connectivity index (χ0n) is 14.0. The van der Waals surface area contributed by atoms with Crippen molar-refractivity contribution in [2.45, 2.75) is 51.6 Å². The van der Waals surface area contributed by atoms with E-state index >= 15 is 0 Å². The molecule has 1 aromatic carbocycles. The first kappa shape index (κ1) is 14.8. The summed E-state index contributed by atoms with van der Waals surface area (Å²) in [6, 6.07) is 7.06. The van der Waals surface area contributed by atoms with Gasteiger partial charge in [-0.2, -0.15) is 0 Å². The van der Waals surface area contributed by atoms with Gasteiger partial charge in [0.25, 0.3) is 0 Å². The Morgan fingerprint density at radius 1 is 1.22 bits per heavy atom. The third-order valence-corrected chi connectivity index (χ3v) is 5.22. The molecule has 4 rings (SSSR count). The van der Waals surface area contributed by atoms with Crippen molar-refractivity contribution in [3.05, 3.63) is 46.3 Å². The van der Waals surface area contributed by atoms with Crippen molar-refractivity contribution in [1.29, 1.82) is 0 Å². The molecule has 0 amide bonds. The maximum absolute atomic E-state index is 5.67. The van der Waals surface area contributed by atoms with Crippen LogP contribution >= 0.6 is 0 Å². The highest BCUT2D eigenvalue weighted by Gasteiger charge is 2.29. The number of hydrogen-bond acceptors (Lipinski definition) is 4. The van der Waals surface area contributed by atoms with Crippen LogP contribution in [-0.2, 0) is 19.4 Å². The maximum atomic E-state index is 5.67. The minimum atomic E-state index is 0.366. The van der Waals surface area contributed by atoms with E-state index in [9.17, 15) is 0 Å². The fraction of sp³-hybridized carbons (Fsp3) is 0.526. The zero-order valence-corrected chi connectivity index (χ0v) is 14.0. The second-order valence-corrected chi connectivity index (χ2v) is 6.78. The predicted octanol–water partition coefficient (Wildman–Crippen LogP) is 3.82. The Hall–Kier alpha value is -1.81. The lowest BCUT2D eigenvalue weighted by Crippen LogP contribution is -2.23. The SMILES string of the molecule is COc1cc2c(cc1CN1CCC[C@H]1c1cc(C)on1)CCC2. The van der Waals surface area contributed by atoms with Crippen molar-refractivity contribution < 1.29 is 9.26 Å². The van der Waals surface area contributed by atoms with Gasteiger partial charge in [-0.1, -0.05) is 11.2 Å². The van der Waals surface area contributed by atoms with Crippen LogP contribution in [-0.4, -0.2) is 23.7 Å². The molecule has 4 nitrogen and oxygen atoms in total. The molecule has 4 heteroatoms. The summed E-state index contributed by atoms with van der Waals surface area (Å²) in [6.45, 7) is 3.99. The van der Waals surface area contributed by atoms with E-state index < -0.39 is 0 Å². The summed E-state index contributed by atoms with van der Waals surface area (Å²) in [6.07, 6.45) is 6.03. The lowest BCUT2D eigenvalue weighted by atomic mass is 10.0. The Morgan fingerprint density at radius 2 is 2.04 bits per heavy atom. The zero-order chi connectivity index (χ0) is 15.8. The summed E-state index contributed by atoms with van der Waals surface area (Å²) in [7, 11) is 1.78. The van der Waals surface area contributed by atoms with Crippen molar-refractivity contribution >= 4 is 0 Å². The molecule has 1 saturated heterocycles. The van der Waals surface area contributed by atoms with Gasteiger partial charge in [-0.3, -0.25) is 4.90 Å². The molecule has 1 aliphatic heterocycles. The summed E-state index contributed by atoms with van der Waals surface area (Å²) in [5.41, 5.74) is 5.35. The van der Waals surface area contributed by atoms with E-state index in [4.69, 9.17) is 9.26 Å². The number of rotatable bonds is 4. The van der Waals surface area contributed by atoms with Gasteiger partial charge in [-0.25, -0.2) is 0 Å². The number of methoxy groups -OCH3 is 1. The lowest BCUT2D eigenvalue weighted by molar-refractivity contribution is 0.233.